The van der Waals surface area contributed by atoms with E-state index in [4.69, 9.17) is 5.11 Å². The lowest BCUT2D eigenvalue weighted by Crippen LogP contribution is -2.47. The molecular formula is C21H34N2O3. The second-order valence-corrected chi connectivity index (χ2v) is 7.34. The highest BCUT2D eigenvalue weighted by molar-refractivity contribution is 5.73. The number of aryl methyl sites for hydroxylation is 1. The molecule has 2 N–H and O–H groups in total. The molecule has 0 aromatic heterocycles. The van der Waals surface area contributed by atoms with Crippen molar-refractivity contribution in [2.24, 2.45) is 0 Å². The van der Waals surface area contributed by atoms with Crippen molar-refractivity contribution in [2.45, 2.75) is 58.4 Å². The van der Waals surface area contributed by atoms with Crippen molar-refractivity contribution in [3.8, 4) is 5.75 Å². The van der Waals surface area contributed by atoms with Crippen LogP contribution in [0.25, 0.3) is 0 Å². The molecule has 1 saturated heterocycles. The summed E-state index contributed by atoms with van der Waals surface area (Å²) >= 11 is 0. The Morgan fingerprint density at radius 2 is 1.65 bits per heavy atom. The second kappa shape index (κ2) is 11.2. The third kappa shape index (κ3) is 6.96. The van der Waals surface area contributed by atoms with E-state index >= 15 is 0 Å². The molecule has 1 heterocycles. The summed E-state index contributed by atoms with van der Waals surface area (Å²) in [6.07, 6.45) is 7.80. The summed E-state index contributed by atoms with van der Waals surface area (Å²) in [5.41, 5.74) is 2.16. The predicted octanol–water partition coefficient (Wildman–Crippen LogP) is 2.93. The van der Waals surface area contributed by atoms with Gasteiger partial charge in [0.25, 0.3) is 0 Å². The third-order valence-electron chi connectivity index (χ3n) is 5.23. The van der Waals surface area contributed by atoms with Gasteiger partial charge in [-0.25, -0.2) is 0 Å². The molecule has 0 saturated carbocycles. The molecule has 0 bridgehead atoms. The second-order valence-electron chi connectivity index (χ2n) is 7.34. The van der Waals surface area contributed by atoms with E-state index in [2.05, 4.69) is 11.0 Å². The number of nitrogens with zero attached hydrogens (tertiary/aromatic N) is 2. The van der Waals surface area contributed by atoms with Crippen LogP contribution in [0.3, 0.4) is 0 Å². The lowest BCUT2D eigenvalue weighted by molar-refractivity contribution is -0.130. The number of hydrogen-bond donors (Lipinski definition) is 2. The van der Waals surface area contributed by atoms with Gasteiger partial charge in [0.05, 0.1) is 0 Å². The molecule has 0 aliphatic carbocycles. The van der Waals surface area contributed by atoms with E-state index < -0.39 is 0 Å². The highest BCUT2D eigenvalue weighted by atomic mass is 16.3. The van der Waals surface area contributed by atoms with Crippen molar-refractivity contribution in [1.29, 1.82) is 0 Å². The van der Waals surface area contributed by atoms with Crippen LogP contribution in [0.1, 0.15) is 56.6 Å². The van der Waals surface area contributed by atoms with E-state index in [1.54, 1.807) is 6.92 Å². The van der Waals surface area contributed by atoms with Gasteiger partial charge in [-0.05, 0) is 30.9 Å². The molecule has 146 valence electrons. The zero-order chi connectivity index (χ0) is 18.8. The smallest absolute Gasteiger partial charge is 0.219 e. The molecule has 1 aliphatic rings. The third-order valence-corrected chi connectivity index (χ3v) is 5.23. The summed E-state index contributed by atoms with van der Waals surface area (Å²) in [5, 5.41) is 19.1. The fourth-order valence-corrected chi connectivity index (χ4v) is 3.51. The number of phenolic OH excluding ortho intramolecular Hbond substituents is 1. The first-order valence-electron chi connectivity index (χ1n) is 9.99. The van der Waals surface area contributed by atoms with Crippen LogP contribution < -0.4 is 0 Å². The molecule has 1 aliphatic heterocycles. The van der Waals surface area contributed by atoms with Crippen molar-refractivity contribution < 1.29 is 15.0 Å². The summed E-state index contributed by atoms with van der Waals surface area (Å²) in [6.45, 7) is 5.92. The van der Waals surface area contributed by atoms with Crippen molar-refractivity contribution >= 4 is 5.91 Å². The van der Waals surface area contributed by atoms with Crippen LogP contribution in [0.5, 0.6) is 5.75 Å². The molecule has 0 atom stereocenters. The Morgan fingerprint density at radius 1 is 1.00 bits per heavy atom. The van der Waals surface area contributed by atoms with Crippen molar-refractivity contribution in [1.82, 2.24) is 9.80 Å². The first-order chi connectivity index (χ1) is 12.6. The van der Waals surface area contributed by atoms with Gasteiger partial charge in [0.15, 0.2) is 0 Å². The number of carbonyl (C=O) groups excluding carboxylic acids is 1. The van der Waals surface area contributed by atoms with Gasteiger partial charge in [-0.15, -0.1) is 0 Å². The Balaban J connectivity index is 1.71. The van der Waals surface area contributed by atoms with Crippen LogP contribution in [-0.2, 0) is 17.8 Å². The van der Waals surface area contributed by atoms with Gasteiger partial charge in [-0.3, -0.25) is 9.69 Å². The molecule has 0 unspecified atom stereocenters. The van der Waals surface area contributed by atoms with Crippen LogP contribution in [-0.4, -0.2) is 58.7 Å². The number of rotatable bonds is 10. The Labute approximate surface area is 157 Å². The van der Waals surface area contributed by atoms with Gasteiger partial charge in [0.1, 0.15) is 5.75 Å². The summed E-state index contributed by atoms with van der Waals surface area (Å²) in [4.78, 5) is 15.6. The standard InChI is InChI=1S/C21H34N2O3/c1-18(25)23-13-11-22(12-14-23)17-20-10-9-19(16-21(20)26)8-6-4-2-3-5-7-15-24/h9-10,16,24,26H,2-8,11-15,17H2,1H3. The Bertz CT molecular complexity index is 554. The van der Waals surface area contributed by atoms with E-state index in [1.165, 1.54) is 24.8 Å². The molecule has 1 amide bonds. The fraction of sp³-hybridized carbons (Fsp3) is 0.667. The topological polar surface area (TPSA) is 64.0 Å². The first kappa shape index (κ1) is 20.7. The van der Waals surface area contributed by atoms with Crippen LogP contribution in [0.15, 0.2) is 18.2 Å². The van der Waals surface area contributed by atoms with E-state index in [0.717, 1.165) is 64.0 Å². The molecule has 1 aromatic rings. The number of unbranched alkanes of at least 4 members (excludes halogenated alkanes) is 5. The summed E-state index contributed by atoms with van der Waals surface area (Å²) in [6, 6.07) is 6.09. The van der Waals surface area contributed by atoms with Gasteiger partial charge < -0.3 is 15.1 Å². The minimum Gasteiger partial charge on any atom is -0.508 e. The van der Waals surface area contributed by atoms with Gasteiger partial charge in [0, 0.05) is 51.8 Å². The van der Waals surface area contributed by atoms with Gasteiger partial charge >= 0.3 is 0 Å². The number of piperazine rings is 1. The Morgan fingerprint density at radius 3 is 2.27 bits per heavy atom. The molecule has 26 heavy (non-hydrogen) atoms. The van der Waals surface area contributed by atoms with E-state index in [-0.39, 0.29) is 5.91 Å². The zero-order valence-electron chi connectivity index (χ0n) is 16.1. The van der Waals surface area contributed by atoms with Gasteiger partial charge in [-0.2, -0.15) is 0 Å². The van der Waals surface area contributed by atoms with Gasteiger partial charge in [0.2, 0.25) is 5.91 Å². The maximum Gasteiger partial charge on any atom is 0.219 e. The number of carbonyl (C=O) groups is 1. The molecule has 5 nitrogen and oxygen atoms in total. The molecule has 1 aromatic carbocycles. The Kier molecular flexibility index (Phi) is 8.92. The maximum atomic E-state index is 11.4. The number of hydrogen-bond acceptors (Lipinski definition) is 4. The van der Waals surface area contributed by atoms with E-state index in [0.29, 0.717) is 12.4 Å². The van der Waals surface area contributed by atoms with Crippen molar-refractivity contribution in [3.05, 3.63) is 29.3 Å². The number of amides is 1. The normalized spacial score (nSPS) is 15.4. The lowest BCUT2D eigenvalue weighted by Gasteiger charge is -2.34. The number of aliphatic hydroxyl groups excluding tert-OH is 1. The first-order valence-corrected chi connectivity index (χ1v) is 9.99. The van der Waals surface area contributed by atoms with Gasteiger partial charge in [-0.1, -0.05) is 37.8 Å². The Hall–Kier alpha value is -1.59. The molecule has 5 heteroatoms. The van der Waals surface area contributed by atoms with Crippen LogP contribution in [0.4, 0.5) is 0 Å². The SMILES string of the molecule is CC(=O)N1CCN(Cc2ccc(CCCCCCCCO)cc2O)CC1. The zero-order valence-corrected chi connectivity index (χ0v) is 16.1. The number of benzene rings is 1. The van der Waals surface area contributed by atoms with E-state index in [1.807, 2.05) is 17.0 Å². The average molecular weight is 363 g/mol. The number of aliphatic hydroxyl groups is 1. The molecule has 0 radical (unpaired) electrons. The number of phenols is 1. The highest BCUT2D eigenvalue weighted by Crippen LogP contribution is 2.22. The molecule has 2 rings (SSSR count). The monoisotopic (exact) mass is 362 g/mol. The molecular weight excluding hydrogens is 328 g/mol. The lowest BCUT2D eigenvalue weighted by atomic mass is 10.0. The average Bonchev–Trinajstić information content (AvgIpc) is 2.63. The quantitative estimate of drug-likeness (QED) is 0.628. The molecule has 1 fully saturated rings. The summed E-state index contributed by atoms with van der Waals surface area (Å²) < 4.78 is 0. The van der Waals surface area contributed by atoms with Crippen LogP contribution in [0, 0.1) is 0 Å². The van der Waals surface area contributed by atoms with Crippen molar-refractivity contribution in [2.75, 3.05) is 32.8 Å². The highest BCUT2D eigenvalue weighted by Gasteiger charge is 2.19. The van der Waals surface area contributed by atoms with Crippen molar-refractivity contribution in [3.63, 3.8) is 0 Å². The summed E-state index contributed by atoms with van der Waals surface area (Å²) in [7, 11) is 0. The minimum absolute atomic E-state index is 0.144. The fourth-order valence-electron chi connectivity index (χ4n) is 3.51. The number of aromatic hydroxyl groups is 1. The predicted molar refractivity (Wildman–Crippen MR) is 104 cm³/mol. The maximum absolute atomic E-state index is 11.4. The largest absolute Gasteiger partial charge is 0.508 e. The minimum atomic E-state index is 0.144. The molecule has 0 spiro atoms. The van der Waals surface area contributed by atoms with E-state index in [9.17, 15) is 9.90 Å². The van der Waals surface area contributed by atoms with Crippen LogP contribution >= 0.6 is 0 Å². The summed E-state index contributed by atoms with van der Waals surface area (Å²) in [5.74, 6) is 0.532. The van der Waals surface area contributed by atoms with Crippen LogP contribution in [0.2, 0.25) is 0 Å².